The Bertz CT molecular complexity index is 3460. The van der Waals surface area contributed by atoms with Crippen molar-refractivity contribution < 1.29 is 105 Å². The summed E-state index contributed by atoms with van der Waals surface area (Å²) in [6.45, 7) is 9.24. The summed E-state index contributed by atoms with van der Waals surface area (Å²) in [7, 11) is 0. The molecule has 4 aliphatic heterocycles. The van der Waals surface area contributed by atoms with Gasteiger partial charge in [-0.05, 0) is 125 Å². The standard InChI is InChI=1S/C37H50N4O8.C32H40N4O9.C2HF3O2.CH2Cl2/c1-25-7-9-26(10-8-25)22-29-32(42)15-16-33(43)31-6-5-18-41(31)36(46)40-30(23-27-11-13-28(14-12-27)49-37(2,3)4)35(45)38-17-19-47-20-21-48-24-34(44)39-29;37-23-7-3-21(4-8-23)18-25-28(39)11-12-29(40)27-2-1-14-36(27)32(43)35-26(19-22-5-9-24(38)10-6-22)31(42)33-13-15-44-16-17-45-20-30(41)34-25;3-2(4,5)1(6)7;2-1-3/h7-14,29-31H,5-6,15-24H2,1-4H3,(H,38,45)(H,39,44)(H,40,46);3-10,25-27,37-38H,1-2,11-20H2,(H,33,42)(H,34,41)(H,35,43);(H,6,7);1H2/t29-,30-,31?;25-,26-,27?;;/m00../s1. The summed E-state index contributed by atoms with van der Waals surface area (Å²) in [5, 5.41) is 43.2. The zero-order valence-corrected chi connectivity index (χ0v) is 60.0. The summed E-state index contributed by atoms with van der Waals surface area (Å²) < 4.78 is 59.6. The van der Waals surface area contributed by atoms with Crippen molar-refractivity contribution in [2.24, 2.45) is 0 Å². The quantitative estimate of drug-likeness (QED) is 0.0853. The number of nitrogens with one attached hydrogen (secondary N) is 6. The Morgan fingerprint density at radius 2 is 0.827 bits per heavy atom. The van der Waals surface area contributed by atoms with E-state index < -0.39 is 84.1 Å². The lowest BCUT2D eigenvalue weighted by atomic mass is 9.96. The van der Waals surface area contributed by atoms with E-state index in [-0.39, 0.29) is 163 Å². The third kappa shape index (κ3) is 31.6. The van der Waals surface area contributed by atoms with Gasteiger partial charge >= 0.3 is 24.2 Å². The molecule has 0 bridgehead atoms. The van der Waals surface area contributed by atoms with Crippen molar-refractivity contribution >= 4 is 88.0 Å². The minimum atomic E-state index is -5.08. The Labute approximate surface area is 611 Å². The molecule has 0 aliphatic carbocycles. The summed E-state index contributed by atoms with van der Waals surface area (Å²) in [4.78, 5) is 144. The van der Waals surface area contributed by atoms with Crippen LogP contribution in [0.15, 0.2) is 97.1 Å². The first-order valence-electron chi connectivity index (χ1n) is 33.9. The number of phenols is 2. The van der Waals surface area contributed by atoms with E-state index >= 15 is 0 Å². The number of ketones is 4. The Morgan fingerprint density at radius 3 is 1.18 bits per heavy atom. The van der Waals surface area contributed by atoms with Crippen molar-refractivity contribution in [1.82, 2.24) is 41.7 Å². The highest BCUT2D eigenvalue weighted by Gasteiger charge is 2.40. The number of Topliss-reactive ketones (excluding diaryl/α,β-unsaturated/α-hetero) is 4. The van der Waals surface area contributed by atoms with Gasteiger partial charge in [-0.1, -0.05) is 66.2 Å². The van der Waals surface area contributed by atoms with Gasteiger partial charge in [0.25, 0.3) is 0 Å². The van der Waals surface area contributed by atoms with Gasteiger partial charge in [-0.3, -0.25) is 38.4 Å². The monoisotopic (exact) mass is 1500 g/mol. The molecule has 0 aromatic heterocycles. The molecule has 9 N–H and O–H groups in total. The number of alkyl halides is 5. The minimum absolute atomic E-state index is 0.0687. The van der Waals surface area contributed by atoms with Crippen LogP contribution in [0.3, 0.4) is 0 Å². The predicted molar refractivity (Wildman–Crippen MR) is 375 cm³/mol. The van der Waals surface area contributed by atoms with Crippen molar-refractivity contribution in [3.8, 4) is 17.2 Å². The van der Waals surface area contributed by atoms with E-state index in [1.165, 1.54) is 34.1 Å². The van der Waals surface area contributed by atoms with E-state index in [2.05, 4.69) is 31.9 Å². The number of carbonyl (C=O) groups excluding carboxylic acids is 10. The number of hydrogen-bond acceptors (Lipinski definition) is 18. The van der Waals surface area contributed by atoms with Crippen molar-refractivity contribution in [2.75, 3.05) is 84.4 Å². The van der Waals surface area contributed by atoms with Crippen LogP contribution in [0.2, 0.25) is 0 Å². The van der Waals surface area contributed by atoms with Crippen LogP contribution in [0, 0.1) is 6.92 Å². The number of carbonyl (C=O) groups is 11. The first-order valence-corrected chi connectivity index (χ1v) is 35.0. The summed E-state index contributed by atoms with van der Waals surface area (Å²) in [5.74, 6) is -4.85. The number of nitrogens with zero attached hydrogens (tertiary/aromatic N) is 2. The van der Waals surface area contributed by atoms with Gasteiger partial charge in [0.15, 0.2) is 23.1 Å². The number of ether oxygens (including phenoxy) is 5. The maximum atomic E-state index is 13.6. The van der Waals surface area contributed by atoms with E-state index in [0.717, 1.165) is 16.7 Å². The third-order valence-electron chi connectivity index (χ3n) is 16.3. The fraction of sp³-hybridized carbons (Fsp3) is 0.514. The molecule has 0 spiro atoms. The zero-order valence-electron chi connectivity index (χ0n) is 58.5. The molecule has 570 valence electrons. The number of aryl methyl sites for hydroxylation is 1. The zero-order chi connectivity index (χ0) is 76.4. The number of urea groups is 2. The molecule has 8 rings (SSSR count). The van der Waals surface area contributed by atoms with Gasteiger partial charge in [-0.25, -0.2) is 14.4 Å². The van der Waals surface area contributed by atoms with Crippen LogP contribution >= 0.6 is 23.2 Å². The fourth-order valence-corrected chi connectivity index (χ4v) is 11.2. The number of aliphatic carboxylic acids is 1. The maximum absolute atomic E-state index is 13.6. The van der Waals surface area contributed by atoms with Gasteiger partial charge in [-0.2, -0.15) is 13.2 Å². The molecule has 32 heteroatoms. The van der Waals surface area contributed by atoms with Crippen LogP contribution in [0.4, 0.5) is 22.8 Å². The van der Waals surface area contributed by atoms with Gasteiger partial charge < -0.3 is 80.7 Å². The molecule has 2 unspecified atom stereocenters. The summed E-state index contributed by atoms with van der Waals surface area (Å²) >= 11 is 9.53. The van der Waals surface area contributed by atoms with E-state index in [0.29, 0.717) is 55.6 Å². The number of benzene rings is 4. The van der Waals surface area contributed by atoms with Crippen molar-refractivity contribution in [3.05, 3.63) is 125 Å². The molecule has 27 nitrogen and oxygen atoms in total. The molecular formula is C72H93Cl2F3N8O19. The number of fused-ring (bicyclic) bond motifs is 2. The van der Waals surface area contributed by atoms with Crippen molar-refractivity contribution in [1.29, 1.82) is 0 Å². The van der Waals surface area contributed by atoms with Gasteiger partial charge in [0, 0.05) is 64.7 Å². The number of amides is 8. The lowest BCUT2D eigenvalue weighted by Crippen LogP contribution is -2.54. The van der Waals surface area contributed by atoms with Crippen LogP contribution in [0.25, 0.3) is 0 Å². The highest BCUT2D eigenvalue weighted by molar-refractivity contribution is 6.40. The second-order valence-corrected chi connectivity index (χ2v) is 26.4. The maximum Gasteiger partial charge on any atom is 0.490 e. The van der Waals surface area contributed by atoms with Gasteiger partial charge in [-0.15, -0.1) is 23.2 Å². The number of halogens is 5. The molecule has 0 saturated carbocycles. The molecule has 4 aromatic carbocycles. The molecule has 104 heavy (non-hydrogen) atoms. The van der Waals surface area contributed by atoms with Crippen molar-refractivity contribution in [2.45, 2.75) is 153 Å². The highest BCUT2D eigenvalue weighted by Crippen LogP contribution is 2.25. The van der Waals surface area contributed by atoms with Crippen LogP contribution in [-0.2, 0) is 87.8 Å². The Kier molecular flexibility index (Phi) is 36.3. The molecule has 4 aliphatic rings. The van der Waals surface area contributed by atoms with Crippen LogP contribution in [0.5, 0.6) is 17.2 Å². The Balaban J connectivity index is 0.000000331. The summed E-state index contributed by atoms with van der Waals surface area (Å²) in [6.07, 6.45) is -2.62. The number of rotatable bonds is 9. The first-order chi connectivity index (χ1) is 49.4. The lowest BCUT2D eigenvalue weighted by molar-refractivity contribution is -0.192. The number of carboxylic acid groups (broad SMARTS) is 1. The number of hydrogen-bond donors (Lipinski definition) is 9. The summed E-state index contributed by atoms with van der Waals surface area (Å²) in [5.41, 5.74) is 3.82. The molecule has 8 amide bonds. The molecule has 0 radical (unpaired) electrons. The topological polar surface area (TPSA) is 373 Å². The largest absolute Gasteiger partial charge is 0.508 e. The first kappa shape index (κ1) is 85.7. The molecule has 4 heterocycles. The molecule has 4 fully saturated rings. The molecular weight excluding hydrogens is 1410 g/mol. The van der Waals surface area contributed by atoms with Gasteiger partial charge in [0.2, 0.25) is 23.6 Å². The molecule has 6 atom stereocenters. The van der Waals surface area contributed by atoms with E-state index in [1.54, 1.807) is 24.3 Å². The predicted octanol–water partition coefficient (Wildman–Crippen LogP) is 6.11. The van der Waals surface area contributed by atoms with E-state index in [1.807, 2.05) is 76.2 Å². The van der Waals surface area contributed by atoms with E-state index in [9.17, 15) is 71.3 Å². The minimum Gasteiger partial charge on any atom is -0.508 e. The molecule has 4 aromatic rings. The summed E-state index contributed by atoms with van der Waals surface area (Å²) in [6, 6.07) is 21.4. The third-order valence-corrected chi connectivity index (χ3v) is 16.3. The number of carboxylic acids is 1. The second-order valence-electron chi connectivity index (χ2n) is 25.6. The second kappa shape index (κ2) is 44.0. The van der Waals surface area contributed by atoms with Crippen LogP contribution in [0.1, 0.15) is 100.0 Å². The molecule has 4 saturated heterocycles. The highest BCUT2D eigenvalue weighted by atomic mass is 35.5. The Morgan fingerprint density at radius 1 is 0.500 bits per heavy atom. The lowest BCUT2D eigenvalue weighted by Gasteiger charge is -2.27. The average Bonchev–Trinajstić information content (AvgIpc) is 1.60. The van der Waals surface area contributed by atoms with Crippen LogP contribution in [-0.4, -0.2) is 222 Å². The Hall–Kier alpha value is -8.94. The van der Waals surface area contributed by atoms with E-state index in [4.69, 9.17) is 56.8 Å². The normalized spacial score (nSPS) is 21.7. The fourth-order valence-electron chi connectivity index (χ4n) is 11.2. The number of aromatic hydroxyl groups is 2. The van der Waals surface area contributed by atoms with Crippen LogP contribution < -0.4 is 36.6 Å². The smallest absolute Gasteiger partial charge is 0.490 e. The van der Waals surface area contributed by atoms with Gasteiger partial charge in [0.1, 0.15) is 48.1 Å². The SMILES string of the molecule is Cc1ccc(C[C@@H]2NC(=O)COCCOCCNC(=O)[C@H](Cc3ccc(OC(C)(C)C)cc3)NC(=O)N3CCCC3C(=O)CCC2=O)cc1.ClCCl.O=C(O)C(F)(F)F.O=C1COCCOCCNC(=O)[C@H](Cc2ccc(O)cc2)NC(=O)N2CCCC2C(=O)CCC(=O)[C@H](Cc2ccc(O)cc2)N1. The van der Waals surface area contributed by atoms with Crippen molar-refractivity contribution in [3.63, 3.8) is 0 Å². The number of phenolic OH excluding ortho intramolecular Hbond substituents is 2. The van der Waals surface area contributed by atoms with Gasteiger partial charge in [0.05, 0.1) is 69.1 Å². The average molecular weight is 1500 g/mol.